The Morgan fingerprint density at radius 1 is 1.14 bits per heavy atom. The second kappa shape index (κ2) is 7.27. The predicted octanol–water partition coefficient (Wildman–Crippen LogP) is 2.88. The number of benzene rings is 1. The molecule has 0 aromatic heterocycles. The number of hydrogen-bond acceptors (Lipinski definition) is 4. The van der Waals surface area contributed by atoms with E-state index in [0.717, 1.165) is 31.9 Å². The third kappa shape index (κ3) is 4.83. The fourth-order valence-electron chi connectivity index (χ4n) is 2.38. The van der Waals surface area contributed by atoms with Crippen molar-refractivity contribution in [2.24, 2.45) is 0 Å². The van der Waals surface area contributed by atoms with Crippen LogP contribution in [0.15, 0.2) is 24.3 Å². The molecule has 0 spiro atoms. The van der Waals surface area contributed by atoms with E-state index in [1.807, 2.05) is 17.0 Å². The number of carbonyl (C=O) groups is 1. The van der Waals surface area contributed by atoms with E-state index < -0.39 is 0 Å². The Bertz CT molecular complexity index is 488. The Hall–Kier alpha value is -1.36. The first-order valence-corrected chi connectivity index (χ1v) is 8.68. The summed E-state index contributed by atoms with van der Waals surface area (Å²) in [6.07, 6.45) is 0. The second-order valence-corrected chi connectivity index (χ2v) is 8.27. The summed E-state index contributed by atoms with van der Waals surface area (Å²) in [6, 6.07) is 8.11. The van der Waals surface area contributed by atoms with Crippen LogP contribution in [0, 0.1) is 0 Å². The summed E-state index contributed by atoms with van der Waals surface area (Å²) < 4.78 is 5.33. The maximum absolute atomic E-state index is 12.2. The molecule has 0 bridgehead atoms. The maximum Gasteiger partial charge on any atom is 0.232 e. The first kappa shape index (κ1) is 17.0. The highest BCUT2D eigenvalue weighted by Gasteiger charge is 2.22. The van der Waals surface area contributed by atoms with E-state index in [9.17, 15) is 4.79 Å². The molecule has 5 heteroatoms. The number of methoxy groups -OCH3 is 1. The van der Waals surface area contributed by atoms with Gasteiger partial charge in [-0.1, -0.05) is 20.8 Å². The van der Waals surface area contributed by atoms with Crippen molar-refractivity contribution in [2.75, 3.05) is 43.9 Å². The van der Waals surface area contributed by atoms with E-state index >= 15 is 0 Å². The van der Waals surface area contributed by atoms with Crippen molar-refractivity contribution in [1.29, 1.82) is 0 Å². The van der Waals surface area contributed by atoms with Crippen molar-refractivity contribution >= 4 is 23.4 Å². The minimum Gasteiger partial charge on any atom is -0.497 e. The lowest BCUT2D eigenvalue weighted by Gasteiger charge is -2.36. The van der Waals surface area contributed by atoms with Crippen LogP contribution in [-0.2, 0) is 4.79 Å². The molecule has 1 aromatic rings. The number of carbonyl (C=O) groups excluding carboxylic acids is 1. The Morgan fingerprint density at radius 2 is 1.73 bits per heavy atom. The molecule has 1 amide bonds. The van der Waals surface area contributed by atoms with Crippen LogP contribution in [0.3, 0.4) is 0 Å². The lowest BCUT2D eigenvalue weighted by Crippen LogP contribution is -2.49. The van der Waals surface area contributed by atoms with Crippen LogP contribution in [0.1, 0.15) is 20.8 Å². The zero-order valence-electron chi connectivity index (χ0n) is 14.0. The molecule has 1 aliphatic heterocycles. The van der Waals surface area contributed by atoms with Gasteiger partial charge in [-0.25, -0.2) is 0 Å². The van der Waals surface area contributed by atoms with Crippen LogP contribution >= 0.6 is 11.8 Å². The van der Waals surface area contributed by atoms with Crippen LogP contribution in [0.25, 0.3) is 0 Å². The fraction of sp³-hybridized carbons (Fsp3) is 0.588. The van der Waals surface area contributed by atoms with Gasteiger partial charge in [-0.3, -0.25) is 4.79 Å². The molecule has 0 saturated carbocycles. The molecule has 0 N–H and O–H groups in total. The monoisotopic (exact) mass is 322 g/mol. The SMILES string of the molecule is COc1ccc(N2CCN(C(=O)CSC(C)(C)C)CC2)cc1. The normalized spacial score (nSPS) is 15.8. The Kier molecular flexibility index (Phi) is 5.62. The van der Waals surface area contributed by atoms with E-state index in [4.69, 9.17) is 4.74 Å². The summed E-state index contributed by atoms with van der Waals surface area (Å²) in [5.74, 6) is 1.71. The summed E-state index contributed by atoms with van der Waals surface area (Å²) in [4.78, 5) is 16.5. The van der Waals surface area contributed by atoms with Gasteiger partial charge in [0.15, 0.2) is 0 Å². The molecule has 1 heterocycles. The third-order valence-corrected chi connectivity index (χ3v) is 4.96. The molecule has 2 rings (SSSR count). The van der Waals surface area contributed by atoms with Crippen molar-refractivity contribution in [2.45, 2.75) is 25.5 Å². The number of nitrogens with zero attached hydrogens (tertiary/aromatic N) is 2. The molecular weight excluding hydrogens is 296 g/mol. The van der Waals surface area contributed by atoms with E-state index in [1.54, 1.807) is 18.9 Å². The maximum atomic E-state index is 12.2. The van der Waals surface area contributed by atoms with Crippen molar-refractivity contribution in [1.82, 2.24) is 4.90 Å². The molecule has 1 aromatic carbocycles. The number of rotatable bonds is 4. The highest BCUT2D eigenvalue weighted by atomic mass is 32.2. The van der Waals surface area contributed by atoms with Crippen molar-refractivity contribution < 1.29 is 9.53 Å². The van der Waals surface area contributed by atoms with Gasteiger partial charge in [-0.2, -0.15) is 0 Å². The highest BCUT2D eigenvalue weighted by molar-refractivity contribution is 8.01. The third-order valence-electron chi connectivity index (χ3n) is 3.70. The average Bonchev–Trinajstić information content (AvgIpc) is 2.52. The Balaban J connectivity index is 1.83. The molecule has 1 aliphatic rings. The molecule has 0 unspecified atom stereocenters. The van der Waals surface area contributed by atoms with Gasteiger partial charge in [-0.05, 0) is 24.3 Å². The van der Waals surface area contributed by atoms with Crippen LogP contribution in [0.2, 0.25) is 0 Å². The van der Waals surface area contributed by atoms with Gasteiger partial charge >= 0.3 is 0 Å². The quantitative estimate of drug-likeness (QED) is 0.853. The molecule has 0 aliphatic carbocycles. The molecule has 1 saturated heterocycles. The molecule has 1 fully saturated rings. The summed E-state index contributed by atoms with van der Waals surface area (Å²) >= 11 is 1.72. The van der Waals surface area contributed by atoms with Gasteiger partial charge in [0.2, 0.25) is 5.91 Å². The fourth-order valence-corrected chi connectivity index (χ4v) is 3.12. The van der Waals surface area contributed by atoms with E-state index in [0.29, 0.717) is 5.75 Å². The van der Waals surface area contributed by atoms with Crippen LogP contribution in [0.4, 0.5) is 5.69 Å². The zero-order chi connectivity index (χ0) is 16.2. The zero-order valence-corrected chi connectivity index (χ0v) is 14.8. The molecule has 4 nitrogen and oxygen atoms in total. The van der Waals surface area contributed by atoms with Gasteiger partial charge in [0.1, 0.15) is 5.75 Å². The van der Waals surface area contributed by atoms with Gasteiger partial charge in [0, 0.05) is 36.6 Å². The molecule has 0 radical (unpaired) electrons. The van der Waals surface area contributed by atoms with Gasteiger partial charge in [0.25, 0.3) is 0 Å². The largest absolute Gasteiger partial charge is 0.497 e. The van der Waals surface area contributed by atoms with E-state index in [-0.39, 0.29) is 10.7 Å². The Morgan fingerprint density at radius 3 is 2.23 bits per heavy atom. The lowest BCUT2D eigenvalue weighted by atomic mass is 10.2. The number of anilines is 1. The number of amides is 1. The average molecular weight is 322 g/mol. The topological polar surface area (TPSA) is 32.8 Å². The van der Waals surface area contributed by atoms with Crippen molar-refractivity contribution in [3.8, 4) is 5.75 Å². The smallest absolute Gasteiger partial charge is 0.232 e. The van der Waals surface area contributed by atoms with E-state index in [2.05, 4.69) is 37.8 Å². The summed E-state index contributed by atoms with van der Waals surface area (Å²) in [6.45, 7) is 9.81. The number of ether oxygens (including phenoxy) is 1. The van der Waals surface area contributed by atoms with Crippen LogP contribution < -0.4 is 9.64 Å². The van der Waals surface area contributed by atoms with Gasteiger partial charge in [-0.15, -0.1) is 11.8 Å². The Labute approximate surface area is 137 Å². The number of hydrogen-bond donors (Lipinski definition) is 0. The molecule has 0 atom stereocenters. The van der Waals surface area contributed by atoms with Gasteiger partial charge < -0.3 is 14.5 Å². The summed E-state index contributed by atoms with van der Waals surface area (Å²) in [5, 5.41) is 0. The van der Waals surface area contributed by atoms with Crippen LogP contribution in [0.5, 0.6) is 5.75 Å². The van der Waals surface area contributed by atoms with Crippen molar-refractivity contribution in [3.05, 3.63) is 24.3 Å². The second-order valence-electron chi connectivity index (χ2n) is 6.47. The minimum atomic E-state index is 0.139. The number of piperazine rings is 1. The minimum absolute atomic E-state index is 0.139. The predicted molar refractivity (Wildman–Crippen MR) is 94.0 cm³/mol. The molecular formula is C17H26N2O2S. The summed E-state index contributed by atoms with van der Waals surface area (Å²) in [7, 11) is 1.68. The summed E-state index contributed by atoms with van der Waals surface area (Å²) in [5.41, 5.74) is 1.19. The first-order chi connectivity index (χ1) is 10.4. The first-order valence-electron chi connectivity index (χ1n) is 7.70. The van der Waals surface area contributed by atoms with Crippen molar-refractivity contribution in [3.63, 3.8) is 0 Å². The standard InChI is InChI=1S/C17H26N2O2S/c1-17(2,3)22-13-16(20)19-11-9-18(10-12-19)14-5-7-15(21-4)8-6-14/h5-8H,9-13H2,1-4H3. The van der Waals surface area contributed by atoms with Gasteiger partial charge in [0.05, 0.1) is 12.9 Å². The lowest BCUT2D eigenvalue weighted by molar-refractivity contribution is -0.128. The molecule has 122 valence electrons. The van der Waals surface area contributed by atoms with E-state index in [1.165, 1.54) is 5.69 Å². The van der Waals surface area contributed by atoms with Crippen LogP contribution in [-0.4, -0.2) is 54.6 Å². The number of thioether (sulfide) groups is 1. The molecule has 22 heavy (non-hydrogen) atoms. The highest BCUT2D eigenvalue weighted by Crippen LogP contribution is 2.24.